The van der Waals surface area contributed by atoms with Gasteiger partial charge in [0.2, 0.25) is 0 Å². The first-order valence-electron chi connectivity index (χ1n) is 14.6. The van der Waals surface area contributed by atoms with Crippen molar-refractivity contribution in [2.45, 2.75) is 0 Å². The van der Waals surface area contributed by atoms with Gasteiger partial charge in [-0.05, 0) is 77.5 Å². The molecule has 10 aromatic rings. The minimum Gasteiger partial charge on any atom is -0.454 e. The van der Waals surface area contributed by atoms with Gasteiger partial charge < -0.3 is 4.42 Å². The second kappa shape index (κ2) is 9.13. The van der Waals surface area contributed by atoms with Crippen molar-refractivity contribution >= 4 is 113 Å². The standard InChI is InChI=1S/C39H22N2OS2/c1-2-8-24-18-33-29(17-23(24)7-1)30-21-39(40-22-34(30)42-33)41(25-13-15-37-31(19-25)27-9-3-5-11-35(27)43-37)26-14-16-38-32(20-26)28-10-4-6-12-36(28)44-38/h1-22H. The molecule has 5 heteroatoms. The maximum Gasteiger partial charge on any atom is 0.153 e. The summed E-state index contributed by atoms with van der Waals surface area (Å²) in [5.74, 6) is 0.853. The van der Waals surface area contributed by atoms with Gasteiger partial charge in [-0.15, -0.1) is 22.7 Å². The highest BCUT2D eigenvalue weighted by Crippen LogP contribution is 2.44. The van der Waals surface area contributed by atoms with Gasteiger partial charge in [0.25, 0.3) is 0 Å². The van der Waals surface area contributed by atoms with Gasteiger partial charge >= 0.3 is 0 Å². The van der Waals surface area contributed by atoms with Crippen molar-refractivity contribution in [2.24, 2.45) is 0 Å². The summed E-state index contributed by atoms with van der Waals surface area (Å²) in [5, 5.41) is 9.61. The molecule has 0 aliphatic rings. The third kappa shape index (κ3) is 3.57. The summed E-state index contributed by atoms with van der Waals surface area (Å²) >= 11 is 3.68. The van der Waals surface area contributed by atoms with Crippen LogP contribution in [0.4, 0.5) is 17.2 Å². The second-order valence-corrected chi connectivity index (χ2v) is 13.4. The molecule has 0 aliphatic heterocycles. The van der Waals surface area contributed by atoms with Crippen molar-refractivity contribution in [3.05, 3.63) is 134 Å². The number of aromatic nitrogens is 1. The Kier molecular flexibility index (Phi) is 5.03. The average molecular weight is 599 g/mol. The third-order valence-corrected chi connectivity index (χ3v) is 11.0. The Bertz CT molecular complexity index is 2640. The fourth-order valence-corrected chi connectivity index (χ4v) is 8.77. The van der Waals surface area contributed by atoms with Crippen LogP contribution in [0.25, 0.3) is 73.1 Å². The van der Waals surface area contributed by atoms with E-state index in [2.05, 4.69) is 132 Å². The topological polar surface area (TPSA) is 29.3 Å². The van der Waals surface area contributed by atoms with Gasteiger partial charge in [0.1, 0.15) is 11.4 Å². The Labute approximate surface area is 259 Å². The van der Waals surface area contributed by atoms with Gasteiger partial charge in [-0.1, -0.05) is 60.7 Å². The van der Waals surface area contributed by atoms with E-state index < -0.39 is 0 Å². The fourth-order valence-electron chi connectivity index (χ4n) is 6.60. The van der Waals surface area contributed by atoms with Gasteiger partial charge in [-0.2, -0.15) is 0 Å². The van der Waals surface area contributed by atoms with Gasteiger partial charge in [-0.25, -0.2) is 4.98 Å². The van der Waals surface area contributed by atoms with E-state index in [1.807, 2.05) is 28.9 Å². The molecule has 0 bridgehead atoms. The molecule has 0 fully saturated rings. The first-order chi connectivity index (χ1) is 21.8. The van der Waals surface area contributed by atoms with Crippen LogP contribution in [-0.2, 0) is 0 Å². The second-order valence-electron chi connectivity index (χ2n) is 11.2. The molecule has 4 aromatic heterocycles. The van der Waals surface area contributed by atoms with E-state index in [-0.39, 0.29) is 0 Å². The molecular formula is C39H22N2OS2. The Hall–Kier alpha value is -5.23. The maximum atomic E-state index is 6.32. The van der Waals surface area contributed by atoms with Crippen molar-refractivity contribution in [3.63, 3.8) is 0 Å². The molecule has 0 amide bonds. The number of furan rings is 1. The summed E-state index contributed by atoms with van der Waals surface area (Å²) in [6.45, 7) is 0. The van der Waals surface area contributed by atoms with Crippen LogP contribution in [0.2, 0.25) is 0 Å². The Morgan fingerprint density at radius 3 is 1.66 bits per heavy atom. The number of fused-ring (bicyclic) bond motifs is 10. The Morgan fingerprint density at radius 2 is 1.00 bits per heavy atom. The van der Waals surface area contributed by atoms with Crippen LogP contribution in [0.1, 0.15) is 0 Å². The van der Waals surface area contributed by atoms with Crippen molar-refractivity contribution < 1.29 is 4.42 Å². The SMILES string of the molecule is c1ccc2cc3c(cc2c1)oc1cnc(N(c2ccc4sc5ccccc5c4c2)c2ccc4sc5ccccc5c4c2)cc13. The van der Waals surface area contributed by atoms with E-state index in [4.69, 9.17) is 9.40 Å². The third-order valence-electron chi connectivity index (χ3n) is 8.68. The molecule has 44 heavy (non-hydrogen) atoms. The molecule has 6 aromatic carbocycles. The van der Waals surface area contributed by atoms with E-state index in [1.165, 1.54) is 51.1 Å². The number of hydrogen-bond acceptors (Lipinski definition) is 5. The van der Waals surface area contributed by atoms with Crippen LogP contribution in [-0.4, -0.2) is 4.98 Å². The highest BCUT2D eigenvalue weighted by atomic mass is 32.1. The van der Waals surface area contributed by atoms with E-state index in [1.54, 1.807) is 0 Å². The summed E-state index contributed by atoms with van der Waals surface area (Å²) in [6, 6.07) is 45.9. The molecule has 0 spiro atoms. The number of thiophene rings is 2. The number of anilines is 3. The van der Waals surface area contributed by atoms with E-state index in [0.29, 0.717) is 0 Å². The number of benzene rings is 6. The zero-order valence-electron chi connectivity index (χ0n) is 23.3. The monoisotopic (exact) mass is 598 g/mol. The zero-order chi connectivity index (χ0) is 28.8. The molecule has 10 rings (SSSR count). The van der Waals surface area contributed by atoms with E-state index >= 15 is 0 Å². The molecule has 0 unspecified atom stereocenters. The van der Waals surface area contributed by atoms with Crippen molar-refractivity contribution in [3.8, 4) is 0 Å². The zero-order valence-corrected chi connectivity index (χ0v) is 25.0. The minimum absolute atomic E-state index is 0.789. The lowest BCUT2D eigenvalue weighted by Crippen LogP contribution is -2.11. The maximum absolute atomic E-state index is 6.32. The lowest BCUT2D eigenvalue weighted by Gasteiger charge is -2.24. The lowest BCUT2D eigenvalue weighted by molar-refractivity contribution is 0.667. The first-order valence-corrected chi connectivity index (χ1v) is 16.2. The number of hydrogen-bond donors (Lipinski definition) is 0. The van der Waals surface area contributed by atoms with Crippen LogP contribution in [0.5, 0.6) is 0 Å². The van der Waals surface area contributed by atoms with Gasteiger partial charge in [-0.3, -0.25) is 4.90 Å². The molecule has 0 saturated heterocycles. The smallest absolute Gasteiger partial charge is 0.153 e. The molecule has 0 saturated carbocycles. The van der Waals surface area contributed by atoms with Crippen molar-refractivity contribution in [1.82, 2.24) is 4.98 Å². The van der Waals surface area contributed by atoms with Crippen LogP contribution in [0.3, 0.4) is 0 Å². The highest BCUT2D eigenvalue weighted by Gasteiger charge is 2.19. The molecule has 0 atom stereocenters. The van der Waals surface area contributed by atoms with Crippen LogP contribution in [0, 0.1) is 0 Å². The lowest BCUT2D eigenvalue weighted by atomic mass is 10.1. The number of rotatable bonds is 3. The Morgan fingerprint density at radius 1 is 0.455 bits per heavy atom. The van der Waals surface area contributed by atoms with Crippen molar-refractivity contribution in [2.75, 3.05) is 4.90 Å². The average Bonchev–Trinajstić information content (AvgIpc) is 3.74. The first kappa shape index (κ1) is 24.2. The van der Waals surface area contributed by atoms with Gasteiger partial charge in [0.05, 0.1) is 6.20 Å². The number of nitrogens with zero attached hydrogens (tertiary/aromatic N) is 2. The largest absolute Gasteiger partial charge is 0.454 e. The summed E-state index contributed by atoms with van der Waals surface area (Å²) in [7, 11) is 0. The van der Waals surface area contributed by atoms with Gasteiger partial charge in [0, 0.05) is 62.5 Å². The van der Waals surface area contributed by atoms with Crippen LogP contribution < -0.4 is 4.90 Å². The van der Waals surface area contributed by atoms with Crippen molar-refractivity contribution in [1.29, 1.82) is 0 Å². The quantitative estimate of drug-likeness (QED) is 0.203. The van der Waals surface area contributed by atoms with Crippen LogP contribution in [0.15, 0.2) is 138 Å². The predicted molar refractivity (Wildman–Crippen MR) is 189 cm³/mol. The normalized spacial score (nSPS) is 12.1. The molecule has 206 valence electrons. The fraction of sp³-hybridized carbons (Fsp3) is 0. The highest BCUT2D eigenvalue weighted by molar-refractivity contribution is 7.26. The minimum atomic E-state index is 0.789. The summed E-state index contributed by atoms with van der Waals surface area (Å²) in [6.07, 6.45) is 1.87. The summed E-state index contributed by atoms with van der Waals surface area (Å²) < 4.78 is 11.5. The summed E-state index contributed by atoms with van der Waals surface area (Å²) in [4.78, 5) is 7.31. The predicted octanol–water partition coefficient (Wildman–Crippen LogP) is 12.3. The number of pyridine rings is 1. The van der Waals surface area contributed by atoms with E-state index in [9.17, 15) is 0 Å². The molecule has 3 nitrogen and oxygen atoms in total. The van der Waals surface area contributed by atoms with Gasteiger partial charge in [0.15, 0.2) is 5.58 Å². The Balaban J connectivity index is 1.24. The molecule has 0 aliphatic carbocycles. The molecule has 4 heterocycles. The van der Waals surface area contributed by atoms with E-state index in [0.717, 1.165) is 39.1 Å². The summed E-state index contributed by atoms with van der Waals surface area (Å²) in [5.41, 5.74) is 3.81. The molecule has 0 N–H and O–H groups in total. The molecular weight excluding hydrogens is 577 g/mol. The van der Waals surface area contributed by atoms with Crippen LogP contribution >= 0.6 is 22.7 Å². The molecule has 0 radical (unpaired) electrons.